The van der Waals surface area contributed by atoms with Gasteiger partial charge in [0.05, 0.1) is 11.6 Å². The predicted molar refractivity (Wildman–Crippen MR) is 112 cm³/mol. The summed E-state index contributed by atoms with van der Waals surface area (Å²) in [7, 11) is 0. The number of amides is 1. The van der Waals surface area contributed by atoms with Crippen LogP contribution in [0.15, 0.2) is 60.7 Å². The summed E-state index contributed by atoms with van der Waals surface area (Å²) in [5, 5.41) is 3.01. The standard InChI is InChI=1S/C23H21ClFNO3/c1-3-28-21-13-17(23(27)26-18-9-10-20(25)15(2)11-18)12-19(24)22(21)29-14-16-7-5-4-6-8-16/h4-13H,3,14H2,1-2H3,(H,26,27). The Balaban J connectivity index is 1.82. The molecule has 29 heavy (non-hydrogen) atoms. The molecule has 0 spiro atoms. The minimum absolute atomic E-state index is 0.271. The van der Waals surface area contributed by atoms with Crippen molar-refractivity contribution in [3.05, 3.63) is 88.2 Å². The van der Waals surface area contributed by atoms with Gasteiger partial charge in [0.1, 0.15) is 12.4 Å². The first-order valence-electron chi connectivity index (χ1n) is 9.18. The van der Waals surface area contributed by atoms with Crippen LogP contribution in [-0.2, 0) is 6.61 Å². The van der Waals surface area contributed by atoms with Crippen molar-refractivity contribution >= 4 is 23.2 Å². The van der Waals surface area contributed by atoms with Crippen LogP contribution in [0.25, 0.3) is 0 Å². The van der Waals surface area contributed by atoms with Crippen molar-refractivity contribution in [1.82, 2.24) is 0 Å². The van der Waals surface area contributed by atoms with E-state index in [9.17, 15) is 9.18 Å². The van der Waals surface area contributed by atoms with Crippen molar-refractivity contribution in [2.24, 2.45) is 0 Å². The Labute approximate surface area is 174 Å². The van der Waals surface area contributed by atoms with E-state index in [1.165, 1.54) is 18.2 Å². The third kappa shape index (κ3) is 5.27. The first-order valence-corrected chi connectivity index (χ1v) is 9.56. The summed E-state index contributed by atoms with van der Waals surface area (Å²) in [6.07, 6.45) is 0. The van der Waals surface area contributed by atoms with Crippen LogP contribution in [0.5, 0.6) is 11.5 Å². The summed E-state index contributed by atoms with van der Waals surface area (Å²) in [6, 6.07) is 17.2. The van der Waals surface area contributed by atoms with E-state index < -0.39 is 0 Å². The third-order valence-corrected chi connectivity index (χ3v) is 4.49. The molecule has 0 aliphatic heterocycles. The molecule has 0 aromatic heterocycles. The van der Waals surface area contributed by atoms with E-state index in [2.05, 4.69) is 5.32 Å². The number of carbonyl (C=O) groups excluding carboxylic acids is 1. The zero-order valence-electron chi connectivity index (χ0n) is 16.2. The Hall–Kier alpha value is -3.05. The van der Waals surface area contributed by atoms with E-state index in [0.29, 0.717) is 41.5 Å². The molecule has 3 aromatic rings. The van der Waals surface area contributed by atoms with Crippen molar-refractivity contribution in [3.63, 3.8) is 0 Å². The van der Waals surface area contributed by atoms with Gasteiger partial charge in [0.2, 0.25) is 0 Å². The molecule has 0 saturated heterocycles. The molecule has 0 atom stereocenters. The first-order chi connectivity index (χ1) is 14.0. The molecule has 6 heteroatoms. The van der Waals surface area contributed by atoms with Gasteiger partial charge in [-0.25, -0.2) is 4.39 Å². The summed E-state index contributed by atoms with van der Waals surface area (Å²) in [4.78, 5) is 12.6. The van der Waals surface area contributed by atoms with Gasteiger partial charge < -0.3 is 14.8 Å². The highest BCUT2D eigenvalue weighted by Gasteiger charge is 2.17. The summed E-state index contributed by atoms with van der Waals surface area (Å²) < 4.78 is 24.9. The monoisotopic (exact) mass is 413 g/mol. The molecule has 1 N–H and O–H groups in total. The second-order valence-corrected chi connectivity index (χ2v) is 6.82. The predicted octanol–water partition coefficient (Wildman–Crippen LogP) is 6.02. The summed E-state index contributed by atoms with van der Waals surface area (Å²) >= 11 is 6.39. The van der Waals surface area contributed by atoms with E-state index in [1.54, 1.807) is 19.1 Å². The number of halogens is 2. The summed E-state index contributed by atoms with van der Waals surface area (Å²) in [5.74, 6) is 0.0565. The molecular formula is C23H21ClFNO3. The Morgan fingerprint density at radius 2 is 1.83 bits per heavy atom. The van der Waals surface area contributed by atoms with Gasteiger partial charge in [0.15, 0.2) is 11.5 Å². The fraction of sp³-hybridized carbons (Fsp3) is 0.174. The molecule has 3 aromatic carbocycles. The van der Waals surface area contributed by atoms with Gasteiger partial charge in [-0.3, -0.25) is 4.79 Å². The van der Waals surface area contributed by atoms with Crippen molar-refractivity contribution in [3.8, 4) is 11.5 Å². The molecule has 0 aliphatic carbocycles. The lowest BCUT2D eigenvalue weighted by Crippen LogP contribution is -2.13. The molecule has 4 nitrogen and oxygen atoms in total. The Kier molecular flexibility index (Phi) is 6.73. The summed E-state index contributed by atoms with van der Waals surface area (Å²) in [6.45, 7) is 4.18. The van der Waals surface area contributed by atoms with Crippen LogP contribution in [-0.4, -0.2) is 12.5 Å². The molecule has 3 rings (SSSR count). The van der Waals surface area contributed by atoms with E-state index in [4.69, 9.17) is 21.1 Å². The second kappa shape index (κ2) is 9.43. The number of anilines is 1. The van der Waals surface area contributed by atoms with E-state index in [1.807, 2.05) is 37.3 Å². The second-order valence-electron chi connectivity index (χ2n) is 6.41. The van der Waals surface area contributed by atoms with E-state index in [0.717, 1.165) is 5.56 Å². The molecule has 0 saturated carbocycles. The molecule has 0 aliphatic rings. The molecule has 0 bridgehead atoms. The maximum absolute atomic E-state index is 13.4. The van der Waals surface area contributed by atoms with Gasteiger partial charge in [0.25, 0.3) is 5.91 Å². The maximum atomic E-state index is 13.4. The van der Waals surface area contributed by atoms with Crippen molar-refractivity contribution in [1.29, 1.82) is 0 Å². The molecule has 0 unspecified atom stereocenters. The number of carbonyl (C=O) groups is 1. The van der Waals surface area contributed by atoms with Crippen LogP contribution in [0.3, 0.4) is 0 Å². The van der Waals surface area contributed by atoms with Crippen LogP contribution >= 0.6 is 11.6 Å². The Morgan fingerprint density at radius 1 is 1.07 bits per heavy atom. The zero-order chi connectivity index (χ0) is 20.8. The third-order valence-electron chi connectivity index (χ3n) is 4.21. The van der Waals surface area contributed by atoms with Gasteiger partial charge in [-0.15, -0.1) is 0 Å². The lowest BCUT2D eigenvalue weighted by atomic mass is 10.1. The average molecular weight is 414 g/mol. The van der Waals surface area contributed by atoms with Gasteiger partial charge in [-0.1, -0.05) is 41.9 Å². The highest BCUT2D eigenvalue weighted by Crippen LogP contribution is 2.37. The molecular weight excluding hydrogens is 393 g/mol. The number of benzene rings is 3. The normalized spacial score (nSPS) is 10.5. The van der Waals surface area contributed by atoms with Gasteiger partial charge in [-0.05, 0) is 55.3 Å². The fourth-order valence-electron chi connectivity index (χ4n) is 2.76. The van der Waals surface area contributed by atoms with E-state index >= 15 is 0 Å². The number of ether oxygens (including phenoxy) is 2. The van der Waals surface area contributed by atoms with Gasteiger partial charge in [0, 0.05) is 11.3 Å². The highest BCUT2D eigenvalue weighted by molar-refractivity contribution is 6.32. The molecule has 1 amide bonds. The number of hydrogen-bond acceptors (Lipinski definition) is 3. The maximum Gasteiger partial charge on any atom is 0.255 e. The minimum atomic E-state index is -0.381. The minimum Gasteiger partial charge on any atom is -0.490 e. The topological polar surface area (TPSA) is 47.6 Å². The Bertz CT molecular complexity index is 1010. The van der Waals surface area contributed by atoms with Crippen LogP contribution in [0.2, 0.25) is 5.02 Å². The zero-order valence-corrected chi connectivity index (χ0v) is 16.9. The van der Waals surface area contributed by atoms with Gasteiger partial charge in [-0.2, -0.15) is 0 Å². The molecule has 0 heterocycles. The lowest BCUT2D eigenvalue weighted by molar-refractivity contribution is 0.102. The van der Waals surface area contributed by atoms with Crippen molar-refractivity contribution in [2.75, 3.05) is 11.9 Å². The number of rotatable bonds is 7. The first kappa shape index (κ1) is 20.7. The molecule has 150 valence electrons. The highest BCUT2D eigenvalue weighted by atomic mass is 35.5. The SMILES string of the molecule is CCOc1cc(C(=O)Nc2ccc(F)c(C)c2)cc(Cl)c1OCc1ccccc1. The smallest absolute Gasteiger partial charge is 0.255 e. The summed E-state index contributed by atoms with van der Waals surface area (Å²) in [5.41, 5.74) is 2.24. The van der Waals surface area contributed by atoms with Crippen molar-refractivity contribution < 1.29 is 18.7 Å². The number of nitrogens with one attached hydrogen (secondary N) is 1. The van der Waals surface area contributed by atoms with E-state index in [-0.39, 0.29) is 16.7 Å². The number of aryl methyl sites for hydroxylation is 1. The van der Waals surface area contributed by atoms with Crippen LogP contribution < -0.4 is 14.8 Å². The van der Waals surface area contributed by atoms with Crippen LogP contribution in [0.4, 0.5) is 10.1 Å². The molecule has 0 fully saturated rings. The fourth-order valence-corrected chi connectivity index (χ4v) is 3.02. The molecule has 0 radical (unpaired) electrons. The van der Waals surface area contributed by atoms with Crippen LogP contribution in [0, 0.1) is 12.7 Å². The van der Waals surface area contributed by atoms with Crippen LogP contribution in [0.1, 0.15) is 28.4 Å². The quantitative estimate of drug-likeness (QED) is 0.515. The largest absolute Gasteiger partial charge is 0.490 e. The lowest BCUT2D eigenvalue weighted by Gasteiger charge is -2.15. The van der Waals surface area contributed by atoms with Gasteiger partial charge >= 0.3 is 0 Å². The average Bonchev–Trinajstić information content (AvgIpc) is 2.71. The number of hydrogen-bond donors (Lipinski definition) is 1. The van der Waals surface area contributed by atoms with Crippen molar-refractivity contribution in [2.45, 2.75) is 20.5 Å². The Morgan fingerprint density at radius 3 is 2.52 bits per heavy atom.